The summed E-state index contributed by atoms with van der Waals surface area (Å²) < 4.78 is 27.4. The molecule has 3 rings (SSSR count). The average molecular weight is 586 g/mol. The van der Waals surface area contributed by atoms with E-state index in [1.54, 1.807) is 30.3 Å². The van der Waals surface area contributed by atoms with Gasteiger partial charge in [-0.05, 0) is 23.8 Å². The molecule has 2 aliphatic heterocycles. The topological polar surface area (TPSA) is 135 Å². The normalized spacial score (nSPS) is 26.2. The van der Waals surface area contributed by atoms with Crippen LogP contribution in [0.3, 0.4) is 0 Å². The van der Waals surface area contributed by atoms with Crippen molar-refractivity contribution in [2.75, 3.05) is 6.61 Å². The number of amides is 1. The van der Waals surface area contributed by atoms with Crippen molar-refractivity contribution in [1.29, 1.82) is 0 Å². The second kappa shape index (κ2) is 12.7. The molecule has 204 valence electrons. The highest BCUT2D eigenvalue weighted by atomic mass is 35.5. The largest absolute Gasteiger partial charge is 0.463 e. The standard InChI is InChI=1S/C24H24ClNO10S2/c1-11(27)32-10-17-19(33-12(2)28)20(34-13(3)29)21(35-14(4)30)23(36-17)26-22(31)18(38-24(26)37)9-15-5-7-16(25)8-6-15/h5-9,17,19-21,23H,10H2,1-4H3/b18-9-. The highest BCUT2D eigenvalue weighted by molar-refractivity contribution is 8.26. The van der Waals surface area contributed by atoms with E-state index in [9.17, 15) is 24.0 Å². The second-order valence-corrected chi connectivity index (χ2v) is 10.3. The van der Waals surface area contributed by atoms with Crippen LogP contribution in [0, 0.1) is 0 Å². The molecule has 14 heteroatoms. The van der Waals surface area contributed by atoms with Crippen molar-refractivity contribution in [1.82, 2.24) is 4.90 Å². The van der Waals surface area contributed by atoms with Gasteiger partial charge in [-0.25, -0.2) is 0 Å². The zero-order chi connectivity index (χ0) is 28.1. The summed E-state index contributed by atoms with van der Waals surface area (Å²) in [6.45, 7) is 4.07. The van der Waals surface area contributed by atoms with Crippen LogP contribution in [-0.2, 0) is 47.7 Å². The number of thiocarbonyl (C=S) groups is 1. The van der Waals surface area contributed by atoms with Crippen LogP contribution in [0.4, 0.5) is 0 Å². The number of hydrogen-bond donors (Lipinski definition) is 0. The zero-order valence-corrected chi connectivity index (χ0v) is 23.1. The summed E-state index contributed by atoms with van der Waals surface area (Å²) in [4.78, 5) is 62.3. The summed E-state index contributed by atoms with van der Waals surface area (Å²) in [7, 11) is 0. The fourth-order valence-electron chi connectivity index (χ4n) is 3.82. The van der Waals surface area contributed by atoms with Crippen molar-refractivity contribution in [3.8, 4) is 0 Å². The molecule has 0 spiro atoms. The van der Waals surface area contributed by atoms with E-state index in [1.807, 2.05) is 0 Å². The molecule has 0 aliphatic carbocycles. The monoisotopic (exact) mass is 585 g/mol. The Bertz CT molecular complexity index is 1170. The summed E-state index contributed by atoms with van der Waals surface area (Å²) in [6, 6.07) is 6.74. The Morgan fingerprint density at radius 3 is 2.05 bits per heavy atom. The quantitative estimate of drug-likeness (QED) is 0.201. The molecule has 1 amide bonds. The number of halogens is 1. The smallest absolute Gasteiger partial charge is 0.303 e. The number of benzene rings is 1. The Balaban J connectivity index is 2.04. The molecule has 2 heterocycles. The summed E-state index contributed by atoms with van der Waals surface area (Å²) in [5.74, 6) is -3.57. The molecule has 38 heavy (non-hydrogen) atoms. The van der Waals surface area contributed by atoms with Crippen LogP contribution in [0.15, 0.2) is 29.2 Å². The first-order valence-electron chi connectivity index (χ1n) is 11.2. The van der Waals surface area contributed by atoms with E-state index in [-0.39, 0.29) is 9.23 Å². The van der Waals surface area contributed by atoms with Crippen LogP contribution in [0.1, 0.15) is 33.3 Å². The van der Waals surface area contributed by atoms with Crippen molar-refractivity contribution in [2.45, 2.75) is 58.3 Å². The van der Waals surface area contributed by atoms with Gasteiger partial charge in [0.05, 0.1) is 4.91 Å². The third-order valence-corrected chi connectivity index (χ3v) is 6.79. The molecule has 0 radical (unpaired) electrons. The van der Waals surface area contributed by atoms with Gasteiger partial charge in [-0.1, -0.05) is 47.7 Å². The summed E-state index contributed by atoms with van der Waals surface area (Å²) in [6.07, 6.45) is -5.26. The Hall–Kier alpha value is -3.00. The summed E-state index contributed by atoms with van der Waals surface area (Å²) in [5.41, 5.74) is 0.677. The highest BCUT2D eigenvalue weighted by Gasteiger charge is 2.56. The van der Waals surface area contributed by atoms with Gasteiger partial charge in [0.1, 0.15) is 12.7 Å². The second-order valence-electron chi connectivity index (χ2n) is 8.19. The Labute approximate surface area is 232 Å². The molecule has 2 aliphatic rings. The Morgan fingerprint density at radius 1 is 0.947 bits per heavy atom. The van der Waals surface area contributed by atoms with Gasteiger partial charge in [0.2, 0.25) is 0 Å². The van der Waals surface area contributed by atoms with Crippen molar-refractivity contribution in [2.24, 2.45) is 0 Å². The fourth-order valence-corrected chi connectivity index (χ4v) is 5.26. The van der Waals surface area contributed by atoms with Gasteiger partial charge in [0.25, 0.3) is 5.91 Å². The molecule has 1 aromatic carbocycles. The zero-order valence-electron chi connectivity index (χ0n) is 20.7. The summed E-state index contributed by atoms with van der Waals surface area (Å²) >= 11 is 12.4. The predicted molar refractivity (Wildman–Crippen MR) is 138 cm³/mol. The predicted octanol–water partition coefficient (Wildman–Crippen LogP) is 2.62. The van der Waals surface area contributed by atoms with Gasteiger partial charge in [0.15, 0.2) is 28.9 Å². The average Bonchev–Trinajstić information content (AvgIpc) is 3.08. The van der Waals surface area contributed by atoms with Gasteiger partial charge in [-0.15, -0.1) is 0 Å². The van der Waals surface area contributed by atoms with E-state index < -0.39 is 67.0 Å². The third kappa shape index (κ3) is 7.31. The van der Waals surface area contributed by atoms with E-state index in [0.717, 1.165) is 44.4 Å². The SMILES string of the molecule is CC(=O)OCC1OC(N2C(=O)/C(=C/c3ccc(Cl)cc3)SC2=S)C(OC(C)=O)C(OC(C)=O)C1OC(C)=O. The first-order chi connectivity index (χ1) is 17.9. The maximum absolute atomic E-state index is 13.5. The van der Waals surface area contributed by atoms with Crippen LogP contribution in [0.5, 0.6) is 0 Å². The molecule has 0 saturated carbocycles. The van der Waals surface area contributed by atoms with E-state index in [0.29, 0.717) is 10.6 Å². The number of nitrogens with zero attached hydrogens (tertiary/aromatic N) is 1. The third-order valence-electron chi connectivity index (χ3n) is 5.21. The van der Waals surface area contributed by atoms with Crippen molar-refractivity contribution >= 4 is 75.8 Å². The van der Waals surface area contributed by atoms with E-state index in [1.165, 1.54) is 0 Å². The molecule has 5 unspecified atom stereocenters. The first-order valence-corrected chi connectivity index (χ1v) is 12.8. The van der Waals surface area contributed by atoms with E-state index in [4.69, 9.17) is 47.5 Å². The van der Waals surface area contributed by atoms with E-state index >= 15 is 0 Å². The number of carbonyl (C=O) groups excluding carboxylic acids is 5. The summed E-state index contributed by atoms with van der Waals surface area (Å²) in [5, 5.41) is 0.521. The minimum Gasteiger partial charge on any atom is -0.463 e. The maximum atomic E-state index is 13.5. The minimum atomic E-state index is -1.45. The van der Waals surface area contributed by atoms with Crippen LogP contribution >= 0.6 is 35.6 Å². The molecule has 0 aromatic heterocycles. The number of hydrogen-bond acceptors (Lipinski definition) is 12. The number of ether oxygens (including phenoxy) is 5. The fraction of sp³-hybridized carbons (Fsp3) is 0.417. The first kappa shape index (κ1) is 29.6. The number of carbonyl (C=O) groups is 5. The Morgan fingerprint density at radius 2 is 1.50 bits per heavy atom. The van der Waals surface area contributed by atoms with Crippen LogP contribution in [-0.4, -0.2) is 76.3 Å². The lowest BCUT2D eigenvalue weighted by Gasteiger charge is -2.46. The lowest BCUT2D eigenvalue weighted by atomic mass is 9.96. The number of rotatable bonds is 7. The lowest BCUT2D eigenvalue weighted by molar-refractivity contribution is -0.268. The molecule has 1 aromatic rings. The molecule has 0 bridgehead atoms. The molecule has 2 saturated heterocycles. The lowest BCUT2D eigenvalue weighted by Crippen LogP contribution is -2.66. The molecular formula is C24H24ClNO10S2. The highest BCUT2D eigenvalue weighted by Crippen LogP contribution is 2.39. The van der Waals surface area contributed by atoms with Crippen molar-refractivity contribution in [3.05, 3.63) is 39.8 Å². The van der Waals surface area contributed by atoms with Gasteiger partial charge < -0.3 is 23.7 Å². The molecular weight excluding hydrogens is 562 g/mol. The Kier molecular flexibility index (Phi) is 9.88. The number of thioether (sulfide) groups is 1. The van der Waals surface area contributed by atoms with Crippen molar-refractivity contribution < 1.29 is 47.7 Å². The minimum absolute atomic E-state index is 0.0658. The van der Waals surface area contributed by atoms with Gasteiger partial charge in [0, 0.05) is 32.7 Å². The number of esters is 4. The van der Waals surface area contributed by atoms with Crippen LogP contribution in [0.2, 0.25) is 5.02 Å². The van der Waals surface area contributed by atoms with Crippen LogP contribution in [0.25, 0.3) is 6.08 Å². The van der Waals surface area contributed by atoms with Gasteiger partial charge in [-0.2, -0.15) is 0 Å². The molecule has 0 N–H and O–H groups in total. The maximum Gasteiger partial charge on any atom is 0.303 e. The molecule has 11 nitrogen and oxygen atoms in total. The molecule has 5 atom stereocenters. The van der Waals surface area contributed by atoms with Crippen LogP contribution < -0.4 is 0 Å². The molecule has 2 fully saturated rings. The van der Waals surface area contributed by atoms with Gasteiger partial charge >= 0.3 is 23.9 Å². The van der Waals surface area contributed by atoms with Gasteiger partial charge in [-0.3, -0.25) is 28.9 Å². The van der Waals surface area contributed by atoms with Crippen molar-refractivity contribution in [3.63, 3.8) is 0 Å². The van der Waals surface area contributed by atoms with E-state index in [2.05, 4.69) is 0 Å².